The average molecular weight is 338 g/mol. The number of benzene rings is 1. The Morgan fingerprint density at radius 3 is 2.52 bits per heavy atom. The van der Waals surface area contributed by atoms with Crippen LogP contribution < -0.4 is 5.32 Å². The number of nitrogens with zero attached hydrogens (tertiary/aromatic N) is 1. The third kappa shape index (κ3) is 5.32. The minimum absolute atomic E-state index is 0.0702. The Morgan fingerprint density at radius 2 is 1.91 bits per heavy atom. The van der Waals surface area contributed by atoms with Crippen LogP contribution in [0.15, 0.2) is 24.3 Å². The second kappa shape index (κ2) is 7.93. The highest BCUT2D eigenvalue weighted by atomic mass is 32.2. The SMILES string of the molecule is Cc1ccccc1CC(=O)NCCN(C1CCCC1)S(C)(=O)=O. The molecule has 0 spiro atoms. The molecule has 23 heavy (non-hydrogen) atoms. The summed E-state index contributed by atoms with van der Waals surface area (Å²) in [6, 6.07) is 7.88. The van der Waals surface area contributed by atoms with Crippen LogP contribution in [0.5, 0.6) is 0 Å². The first-order valence-electron chi connectivity index (χ1n) is 8.16. The summed E-state index contributed by atoms with van der Waals surface area (Å²) in [5, 5.41) is 2.84. The summed E-state index contributed by atoms with van der Waals surface area (Å²) in [4.78, 5) is 12.0. The van der Waals surface area contributed by atoms with Gasteiger partial charge in [-0.3, -0.25) is 4.79 Å². The number of sulfonamides is 1. The Balaban J connectivity index is 1.84. The van der Waals surface area contributed by atoms with Gasteiger partial charge in [0.2, 0.25) is 15.9 Å². The first kappa shape index (κ1) is 17.9. The number of hydrogen-bond acceptors (Lipinski definition) is 3. The summed E-state index contributed by atoms with van der Waals surface area (Å²) >= 11 is 0. The molecule has 0 heterocycles. The van der Waals surface area contributed by atoms with Crippen LogP contribution in [-0.2, 0) is 21.2 Å². The highest BCUT2D eigenvalue weighted by Gasteiger charge is 2.28. The van der Waals surface area contributed by atoms with Gasteiger partial charge in [0.1, 0.15) is 0 Å². The molecule has 128 valence electrons. The molecular weight excluding hydrogens is 312 g/mol. The van der Waals surface area contributed by atoms with Crippen molar-refractivity contribution in [3.05, 3.63) is 35.4 Å². The standard InChI is InChI=1S/C17H26N2O3S/c1-14-7-3-4-8-15(14)13-17(20)18-11-12-19(23(2,21)22)16-9-5-6-10-16/h3-4,7-8,16H,5-6,9-13H2,1-2H3,(H,18,20). The Labute approximate surface area is 139 Å². The van der Waals surface area contributed by atoms with Gasteiger partial charge in [0.25, 0.3) is 0 Å². The van der Waals surface area contributed by atoms with Gasteiger partial charge in [0.15, 0.2) is 0 Å². The maximum atomic E-state index is 12.0. The molecule has 0 unspecified atom stereocenters. The molecular formula is C17H26N2O3S. The summed E-state index contributed by atoms with van der Waals surface area (Å²) in [5.41, 5.74) is 2.09. The zero-order valence-corrected chi connectivity index (χ0v) is 14.7. The number of aryl methyl sites for hydroxylation is 1. The lowest BCUT2D eigenvalue weighted by Crippen LogP contribution is -2.43. The highest BCUT2D eigenvalue weighted by molar-refractivity contribution is 7.88. The molecule has 1 aliphatic carbocycles. The Hall–Kier alpha value is -1.40. The van der Waals surface area contributed by atoms with E-state index in [9.17, 15) is 13.2 Å². The Bertz CT molecular complexity index is 637. The van der Waals surface area contributed by atoms with Crippen LogP contribution in [0.1, 0.15) is 36.8 Å². The van der Waals surface area contributed by atoms with Crippen LogP contribution in [0.25, 0.3) is 0 Å². The second-order valence-corrected chi connectivity index (χ2v) is 8.20. The third-order valence-electron chi connectivity index (χ3n) is 4.42. The van der Waals surface area contributed by atoms with Crippen LogP contribution in [0.4, 0.5) is 0 Å². The van der Waals surface area contributed by atoms with Crippen molar-refractivity contribution < 1.29 is 13.2 Å². The third-order valence-corrected chi connectivity index (χ3v) is 5.76. The fourth-order valence-electron chi connectivity index (χ4n) is 3.16. The van der Waals surface area contributed by atoms with E-state index < -0.39 is 10.0 Å². The van der Waals surface area contributed by atoms with Crippen molar-refractivity contribution in [2.45, 2.75) is 45.1 Å². The molecule has 0 radical (unpaired) electrons. The van der Waals surface area contributed by atoms with Crippen molar-refractivity contribution in [2.75, 3.05) is 19.3 Å². The minimum Gasteiger partial charge on any atom is -0.354 e. The summed E-state index contributed by atoms with van der Waals surface area (Å²) < 4.78 is 25.4. The van der Waals surface area contributed by atoms with Crippen molar-refractivity contribution >= 4 is 15.9 Å². The van der Waals surface area contributed by atoms with Gasteiger partial charge in [-0.2, -0.15) is 4.31 Å². The lowest BCUT2D eigenvalue weighted by atomic mass is 10.1. The van der Waals surface area contributed by atoms with E-state index in [-0.39, 0.29) is 11.9 Å². The van der Waals surface area contributed by atoms with Crippen LogP contribution >= 0.6 is 0 Å². The van der Waals surface area contributed by atoms with Crippen LogP contribution in [0, 0.1) is 6.92 Å². The number of carbonyl (C=O) groups excluding carboxylic acids is 1. The van der Waals surface area contributed by atoms with E-state index in [2.05, 4.69) is 5.32 Å². The lowest BCUT2D eigenvalue weighted by Gasteiger charge is -2.26. The van der Waals surface area contributed by atoms with Gasteiger partial charge in [-0.15, -0.1) is 0 Å². The molecule has 1 fully saturated rings. The molecule has 6 heteroatoms. The van der Waals surface area contributed by atoms with E-state index in [4.69, 9.17) is 0 Å². The van der Waals surface area contributed by atoms with E-state index in [1.54, 1.807) is 4.31 Å². The van der Waals surface area contributed by atoms with Gasteiger partial charge in [-0.1, -0.05) is 37.1 Å². The molecule has 0 bridgehead atoms. The first-order valence-corrected chi connectivity index (χ1v) is 10.0. The molecule has 0 aromatic heterocycles. The largest absolute Gasteiger partial charge is 0.354 e. The van der Waals surface area contributed by atoms with Crippen LogP contribution in [0.2, 0.25) is 0 Å². The van der Waals surface area contributed by atoms with Crippen molar-refractivity contribution in [3.8, 4) is 0 Å². The first-order chi connectivity index (χ1) is 10.9. The molecule has 0 atom stereocenters. The van der Waals surface area contributed by atoms with Gasteiger partial charge in [0.05, 0.1) is 12.7 Å². The molecule has 5 nitrogen and oxygen atoms in total. The zero-order valence-electron chi connectivity index (χ0n) is 13.9. The maximum Gasteiger partial charge on any atom is 0.224 e. The van der Waals surface area contributed by atoms with Gasteiger partial charge in [-0.05, 0) is 30.9 Å². The molecule has 1 saturated carbocycles. The molecule has 1 aromatic carbocycles. The Kier molecular flexibility index (Phi) is 6.18. The topological polar surface area (TPSA) is 66.5 Å². The lowest BCUT2D eigenvalue weighted by molar-refractivity contribution is -0.120. The summed E-state index contributed by atoms with van der Waals surface area (Å²) in [6.07, 6.45) is 5.58. The normalized spacial score (nSPS) is 16.0. The second-order valence-electron chi connectivity index (χ2n) is 6.27. The van der Waals surface area contributed by atoms with Crippen LogP contribution in [-0.4, -0.2) is 44.0 Å². The van der Waals surface area contributed by atoms with Crippen molar-refractivity contribution in [2.24, 2.45) is 0 Å². The summed E-state index contributed by atoms with van der Waals surface area (Å²) in [5.74, 6) is -0.0702. The summed E-state index contributed by atoms with van der Waals surface area (Å²) in [6.45, 7) is 2.69. The van der Waals surface area contributed by atoms with Crippen LogP contribution in [0.3, 0.4) is 0 Å². The van der Waals surface area contributed by atoms with Gasteiger partial charge >= 0.3 is 0 Å². The monoisotopic (exact) mass is 338 g/mol. The molecule has 2 rings (SSSR count). The predicted molar refractivity (Wildman–Crippen MR) is 91.7 cm³/mol. The highest BCUT2D eigenvalue weighted by Crippen LogP contribution is 2.24. The number of hydrogen-bond donors (Lipinski definition) is 1. The quantitative estimate of drug-likeness (QED) is 0.825. The van der Waals surface area contributed by atoms with Crippen molar-refractivity contribution in [1.82, 2.24) is 9.62 Å². The number of rotatable bonds is 7. The van der Waals surface area contributed by atoms with Gasteiger partial charge in [-0.25, -0.2) is 8.42 Å². The molecule has 1 N–H and O–H groups in total. The smallest absolute Gasteiger partial charge is 0.224 e. The van der Waals surface area contributed by atoms with Gasteiger partial charge < -0.3 is 5.32 Å². The number of carbonyl (C=O) groups is 1. The minimum atomic E-state index is -3.23. The molecule has 0 saturated heterocycles. The van der Waals surface area contributed by atoms with E-state index >= 15 is 0 Å². The fraction of sp³-hybridized carbons (Fsp3) is 0.588. The molecule has 1 aromatic rings. The average Bonchev–Trinajstić information content (AvgIpc) is 2.98. The fourth-order valence-corrected chi connectivity index (χ4v) is 4.34. The Morgan fingerprint density at radius 1 is 1.26 bits per heavy atom. The van der Waals surface area contributed by atoms with Crippen molar-refractivity contribution in [1.29, 1.82) is 0 Å². The van der Waals surface area contributed by atoms with E-state index in [1.807, 2.05) is 31.2 Å². The maximum absolute atomic E-state index is 12.0. The molecule has 1 aliphatic rings. The number of nitrogens with one attached hydrogen (secondary N) is 1. The number of amides is 1. The predicted octanol–water partition coefficient (Wildman–Crippen LogP) is 1.86. The van der Waals surface area contributed by atoms with E-state index in [0.29, 0.717) is 19.5 Å². The molecule has 1 amide bonds. The van der Waals surface area contributed by atoms with Gasteiger partial charge in [0, 0.05) is 19.1 Å². The molecule has 0 aliphatic heterocycles. The van der Waals surface area contributed by atoms with E-state index in [0.717, 1.165) is 36.8 Å². The summed E-state index contributed by atoms with van der Waals surface area (Å²) in [7, 11) is -3.23. The van der Waals surface area contributed by atoms with Crippen molar-refractivity contribution in [3.63, 3.8) is 0 Å². The van der Waals surface area contributed by atoms with E-state index in [1.165, 1.54) is 6.26 Å². The zero-order chi connectivity index (χ0) is 16.9.